The number of aliphatic hydroxyl groups excluding tert-OH is 1. The van der Waals surface area contributed by atoms with Gasteiger partial charge in [0.05, 0.1) is 12.1 Å². The maximum Gasteiger partial charge on any atom is 0.323 e. The molecule has 0 fully saturated rings. The van der Waals surface area contributed by atoms with Crippen LogP contribution in [0.15, 0.2) is 104 Å². The lowest BCUT2D eigenvalue weighted by atomic mass is 9.76. The molecule has 2 N–H and O–H groups in total. The molecule has 0 bridgehead atoms. The first-order valence-corrected chi connectivity index (χ1v) is 20.8. The Morgan fingerprint density at radius 3 is 1.45 bits per heavy atom. The molecule has 0 heterocycles. The van der Waals surface area contributed by atoms with Gasteiger partial charge < -0.3 is 9.84 Å². The summed E-state index contributed by atoms with van der Waals surface area (Å²) in [7, 11) is 0. The predicted octanol–water partition coefficient (Wildman–Crippen LogP) is 11.5. The second kappa shape index (κ2) is 25.5. The number of esters is 1. The zero-order valence-electron chi connectivity index (χ0n) is 33.2. The minimum absolute atomic E-state index is 0.0590. The van der Waals surface area contributed by atoms with Crippen LogP contribution in [0.2, 0.25) is 0 Å². The van der Waals surface area contributed by atoms with Crippen LogP contribution >= 0.6 is 0 Å². The molecule has 5 heteroatoms. The molecular formula is C48H69NO4. The Bertz CT molecular complexity index is 1310. The van der Waals surface area contributed by atoms with Crippen LogP contribution < -0.4 is 5.32 Å². The average molecular weight is 724 g/mol. The van der Waals surface area contributed by atoms with Gasteiger partial charge in [-0.05, 0) is 35.4 Å². The number of rotatable bonds is 29. The van der Waals surface area contributed by atoms with Crippen molar-refractivity contribution in [3.05, 3.63) is 120 Å². The molecule has 3 aromatic rings. The van der Waals surface area contributed by atoms with Crippen molar-refractivity contribution >= 4 is 11.8 Å². The summed E-state index contributed by atoms with van der Waals surface area (Å²) in [5.41, 5.74) is 2.15. The second-order valence-corrected chi connectivity index (χ2v) is 15.2. The van der Waals surface area contributed by atoms with E-state index in [4.69, 9.17) is 4.74 Å². The molecule has 0 aliphatic rings. The number of hydrogen-bond acceptors (Lipinski definition) is 5. The summed E-state index contributed by atoms with van der Waals surface area (Å²) >= 11 is 0. The van der Waals surface area contributed by atoms with E-state index in [0.717, 1.165) is 36.0 Å². The van der Waals surface area contributed by atoms with Crippen LogP contribution in [0.3, 0.4) is 0 Å². The van der Waals surface area contributed by atoms with Crippen LogP contribution in [0, 0.1) is 11.8 Å². The summed E-state index contributed by atoms with van der Waals surface area (Å²) in [6, 6.07) is 29.8. The number of ether oxygens (including phenoxy) is 1. The van der Waals surface area contributed by atoms with Crippen LogP contribution in [0.4, 0.5) is 0 Å². The number of hydrogen-bond donors (Lipinski definition) is 2. The number of ketones is 1. The van der Waals surface area contributed by atoms with Crippen LogP contribution in [-0.2, 0) is 19.9 Å². The molecule has 3 rings (SSSR count). The first-order chi connectivity index (χ1) is 25.8. The number of unbranched alkanes of at least 4 members (excludes halogenated alkanes) is 14. The number of benzene rings is 3. The molecule has 3 aromatic carbocycles. The largest absolute Gasteiger partial charge is 0.464 e. The minimum Gasteiger partial charge on any atom is -0.464 e. The number of carbonyl (C=O) groups excluding carboxylic acids is 2. The van der Waals surface area contributed by atoms with Crippen molar-refractivity contribution in [2.24, 2.45) is 11.8 Å². The van der Waals surface area contributed by atoms with Crippen LogP contribution in [0.1, 0.15) is 147 Å². The van der Waals surface area contributed by atoms with Crippen LogP contribution in [0.5, 0.6) is 0 Å². The van der Waals surface area contributed by atoms with Gasteiger partial charge in [0.2, 0.25) is 0 Å². The van der Waals surface area contributed by atoms with Crippen molar-refractivity contribution in [2.45, 2.75) is 148 Å². The van der Waals surface area contributed by atoms with Crippen molar-refractivity contribution in [2.75, 3.05) is 6.61 Å². The maximum absolute atomic E-state index is 14.0. The molecule has 0 aliphatic carbocycles. The van der Waals surface area contributed by atoms with E-state index in [0.29, 0.717) is 12.8 Å². The van der Waals surface area contributed by atoms with Crippen molar-refractivity contribution in [3.8, 4) is 0 Å². The molecule has 0 aromatic heterocycles. The van der Waals surface area contributed by atoms with E-state index in [1.165, 1.54) is 77.0 Å². The molecule has 290 valence electrons. The predicted molar refractivity (Wildman–Crippen MR) is 221 cm³/mol. The van der Waals surface area contributed by atoms with E-state index in [9.17, 15) is 14.7 Å². The lowest BCUT2D eigenvalue weighted by Crippen LogP contribution is -2.55. The second-order valence-electron chi connectivity index (χ2n) is 15.2. The third kappa shape index (κ3) is 14.7. The molecule has 0 amide bonds. The van der Waals surface area contributed by atoms with Gasteiger partial charge in [-0.25, -0.2) is 0 Å². The monoisotopic (exact) mass is 724 g/mol. The summed E-state index contributed by atoms with van der Waals surface area (Å²) in [4.78, 5) is 27.1. The third-order valence-electron chi connectivity index (χ3n) is 10.6. The Balaban J connectivity index is 1.53. The average Bonchev–Trinajstić information content (AvgIpc) is 3.19. The van der Waals surface area contributed by atoms with Gasteiger partial charge in [-0.3, -0.25) is 14.9 Å². The molecule has 3 atom stereocenters. The third-order valence-corrected chi connectivity index (χ3v) is 10.6. The molecular weight excluding hydrogens is 655 g/mol. The fraction of sp³-hybridized carbons (Fsp3) is 0.542. The van der Waals surface area contributed by atoms with Gasteiger partial charge in [0, 0.05) is 12.3 Å². The highest BCUT2D eigenvalue weighted by atomic mass is 16.5. The van der Waals surface area contributed by atoms with Crippen LogP contribution in [-0.4, -0.2) is 35.6 Å². The van der Waals surface area contributed by atoms with Crippen molar-refractivity contribution in [1.82, 2.24) is 5.32 Å². The van der Waals surface area contributed by atoms with Gasteiger partial charge in [-0.2, -0.15) is 0 Å². The summed E-state index contributed by atoms with van der Waals surface area (Å²) in [6.07, 6.45) is 20.2. The topological polar surface area (TPSA) is 75.6 Å². The van der Waals surface area contributed by atoms with E-state index in [-0.39, 0.29) is 18.3 Å². The number of nitrogens with one attached hydrogen (secondary N) is 1. The lowest BCUT2D eigenvalue weighted by molar-refractivity contribution is -0.152. The lowest BCUT2D eigenvalue weighted by Gasteiger charge is -2.40. The van der Waals surface area contributed by atoms with Gasteiger partial charge in [0.1, 0.15) is 12.1 Å². The quantitative estimate of drug-likeness (QED) is 0.0323. The first-order valence-electron chi connectivity index (χ1n) is 20.8. The Labute approximate surface area is 322 Å². The number of aliphatic hydroxyl groups is 1. The molecule has 53 heavy (non-hydrogen) atoms. The first kappa shape index (κ1) is 43.9. The molecule has 0 radical (unpaired) electrons. The SMILES string of the molecule is C=CCC(COC(=O)[C@@H](NC(c1ccccc1)(c1ccccc1)c1ccccc1)C(C)C)C(O)C(=O)CCCCCCCCCCCCCCCCC. The molecule has 0 aliphatic heterocycles. The smallest absolute Gasteiger partial charge is 0.323 e. The molecule has 0 spiro atoms. The van der Waals surface area contributed by atoms with Crippen molar-refractivity contribution < 1.29 is 19.4 Å². The highest BCUT2D eigenvalue weighted by Gasteiger charge is 2.41. The van der Waals surface area contributed by atoms with Crippen molar-refractivity contribution in [3.63, 3.8) is 0 Å². The van der Waals surface area contributed by atoms with Gasteiger partial charge in [0.15, 0.2) is 5.78 Å². The Morgan fingerprint density at radius 2 is 1.08 bits per heavy atom. The van der Waals surface area contributed by atoms with E-state index in [2.05, 4.69) is 55.2 Å². The molecule has 0 saturated carbocycles. The van der Waals surface area contributed by atoms with Gasteiger partial charge in [0.25, 0.3) is 0 Å². The molecule has 5 nitrogen and oxygen atoms in total. The number of carbonyl (C=O) groups is 2. The van der Waals surface area contributed by atoms with E-state index in [1.807, 2.05) is 68.4 Å². The highest BCUT2D eigenvalue weighted by molar-refractivity contribution is 5.83. The van der Waals surface area contributed by atoms with Gasteiger partial charge in [-0.1, -0.05) is 208 Å². The van der Waals surface area contributed by atoms with Crippen LogP contribution in [0.25, 0.3) is 0 Å². The standard InChI is InChI=1S/C48H69NO4/c1-5-7-8-9-10-11-12-13-14-15-16-17-18-19-29-37-44(50)46(51)40(30-6-2)38-53-47(52)45(39(3)4)49-48(41-31-23-20-24-32-41,42-33-25-21-26-34-42)43-35-27-22-28-36-43/h6,20-28,31-36,39-40,45-46,49,51H,2,5,7-19,29-30,37-38H2,1,3-4H3/t40?,45-,46?/m0/s1. The summed E-state index contributed by atoms with van der Waals surface area (Å²) in [5.74, 6) is -1.26. The minimum atomic E-state index is -1.20. The zero-order chi connectivity index (χ0) is 38.2. The Morgan fingerprint density at radius 1 is 0.679 bits per heavy atom. The summed E-state index contributed by atoms with van der Waals surface area (Å²) in [5, 5.41) is 14.9. The summed E-state index contributed by atoms with van der Waals surface area (Å²) < 4.78 is 5.97. The fourth-order valence-corrected chi connectivity index (χ4v) is 7.41. The van der Waals surface area contributed by atoms with Gasteiger partial charge in [-0.15, -0.1) is 6.58 Å². The maximum atomic E-state index is 14.0. The zero-order valence-corrected chi connectivity index (χ0v) is 33.2. The van der Waals surface area contributed by atoms with E-state index in [1.54, 1.807) is 6.08 Å². The fourth-order valence-electron chi connectivity index (χ4n) is 7.41. The highest BCUT2D eigenvalue weighted by Crippen LogP contribution is 2.38. The molecule has 0 saturated heterocycles. The van der Waals surface area contributed by atoms with Gasteiger partial charge >= 0.3 is 5.97 Å². The normalized spacial score (nSPS) is 13.4. The molecule has 2 unspecified atom stereocenters. The Kier molecular flexibility index (Phi) is 21.1. The summed E-state index contributed by atoms with van der Waals surface area (Å²) in [6.45, 7) is 10.1. The number of allylic oxidation sites excluding steroid dienone is 1. The number of Topliss-reactive ketones (excluding diaryl/α,β-unsaturated/α-hetero) is 1. The Hall–Kier alpha value is -3.54. The van der Waals surface area contributed by atoms with Crippen molar-refractivity contribution in [1.29, 1.82) is 0 Å². The van der Waals surface area contributed by atoms with E-state index >= 15 is 0 Å². The van der Waals surface area contributed by atoms with E-state index < -0.39 is 29.6 Å².